The Kier molecular flexibility index (Phi) is 11.0. The molecule has 0 radical (unpaired) electrons. The molecule has 0 amide bonds. The predicted molar refractivity (Wildman–Crippen MR) is 137 cm³/mol. The van der Waals surface area contributed by atoms with Crippen LogP contribution in [0.25, 0.3) is 0 Å². The van der Waals surface area contributed by atoms with E-state index in [0.29, 0.717) is 50.9 Å². The van der Waals surface area contributed by atoms with Crippen molar-refractivity contribution < 1.29 is 28.6 Å². The standard InChI is InChI=1S/C28H48N2O6/c1-5-28(19-35-26(32)11-13-29-16-22(29)3,20-36-27(33)12-14-30-17-23(30)4)18-34-25(31)8-6-7-24-10-9-21(2)15-24/h21-24H,5-20H2,1-4H3. The van der Waals surface area contributed by atoms with Crippen LogP contribution in [0, 0.1) is 17.3 Å². The van der Waals surface area contributed by atoms with Crippen molar-refractivity contribution >= 4 is 17.9 Å². The van der Waals surface area contributed by atoms with Gasteiger partial charge in [-0.1, -0.05) is 26.7 Å². The third-order valence-corrected chi connectivity index (χ3v) is 8.35. The molecule has 1 aliphatic carbocycles. The highest BCUT2D eigenvalue weighted by atomic mass is 16.6. The lowest BCUT2D eigenvalue weighted by Crippen LogP contribution is -2.39. The van der Waals surface area contributed by atoms with E-state index < -0.39 is 5.41 Å². The Labute approximate surface area is 217 Å². The second-order valence-corrected chi connectivity index (χ2v) is 11.7. The van der Waals surface area contributed by atoms with E-state index in [4.69, 9.17) is 14.2 Å². The van der Waals surface area contributed by atoms with Crippen molar-refractivity contribution in [2.24, 2.45) is 17.3 Å². The molecule has 0 aromatic rings. The summed E-state index contributed by atoms with van der Waals surface area (Å²) in [6, 6.07) is 1.08. The van der Waals surface area contributed by atoms with Gasteiger partial charge in [-0.2, -0.15) is 0 Å². The van der Waals surface area contributed by atoms with Gasteiger partial charge < -0.3 is 14.2 Å². The van der Waals surface area contributed by atoms with E-state index >= 15 is 0 Å². The zero-order valence-corrected chi connectivity index (χ0v) is 23.0. The Balaban J connectivity index is 1.44. The molecule has 0 aromatic carbocycles. The molecule has 3 aliphatic rings. The summed E-state index contributed by atoms with van der Waals surface area (Å²) in [5.41, 5.74) is -0.734. The van der Waals surface area contributed by atoms with E-state index in [1.807, 2.05) is 6.92 Å². The molecule has 3 rings (SSSR count). The molecule has 0 spiro atoms. The van der Waals surface area contributed by atoms with Gasteiger partial charge in [0.05, 0.1) is 18.3 Å². The number of ether oxygens (including phenoxy) is 3. The molecule has 6 atom stereocenters. The molecule has 1 saturated carbocycles. The van der Waals surface area contributed by atoms with Gasteiger partial charge in [0.15, 0.2) is 0 Å². The summed E-state index contributed by atoms with van der Waals surface area (Å²) in [6.45, 7) is 12.2. The Morgan fingerprint density at radius 3 is 1.64 bits per heavy atom. The minimum Gasteiger partial charge on any atom is -0.465 e. The lowest BCUT2D eigenvalue weighted by molar-refractivity contribution is -0.162. The van der Waals surface area contributed by atoms with Crippen molar-refractivity contribution in [3.05, 3.63) is 0 Å². The number of carbonyl (C=O) groups excluding carboxylic acids is 3. The maximum Gasteiger partial charge on any atom is 0.307 e. The Bertz CT molecular complexity index is 708. The molecular weight excluding hydrogens is 460 g/mol. The van der Waals surface area contributed by atoms with Crippen LogP contribution in [-0.4, -0.2) is 85.8 Å². The van der Waals surface area contributed by atoms with Gasteiger partial charge in [-0.25, -0.2) is 0 Å². The van der Waals surface area contributed by atoms with E-state index in [0.717, 1.165) is 37.8 Å². The number of carbonyl (C=O) groups is 3. The summed E-state index contributed by atoms with van der Waals surface area (Å²) in [4.78, 5) is 41.6. The van der Waals surface area contributed by atoms with E-state index in [1.165, 1.54) is 19.3 Å². The van der Waals surface area contributed by atoms with Gasteiger partial charge in [0, 0.05) is 44.7 Å². The van der Waals surface area contributed by atoms with Crippen LogP contribution in [0.5, 0.6) is 0 Å². The van der Waals surface area contributed by atoms with Gasteiger partial charge in [-0.3, -0.25) is 24.2 Å². The second-order valence-electron chi connectivity index (χ2n) is 11.7. The molecule has 2 saturated heterocycles. The third kappa shape index (κ3) is 10.0. The predicted octanol–water partition coefficient (Wildman–Crippen LogP) is 3.81. The second kappa shape index (κ2) is 13.8. The SMILES string of the molecule is CCC(COC(=O)CCCC1CCC(C)C1)(COC(=O)CCN1CC1C)COC(=O)CCN1CC1C. The fraction of sp³-hybridized carbons (Fsp3) is 0.893. The van der Waals surface area contributed by atoms with Crippen LogP contribution in [0.1, 0.15) is 85.5 Å². The van der Waals surface area contributed by atoms with E-state index in [9.17, 15) is 14.4 Å². The summed E-state index contributed by atoms with van der Waals surface area (Å²) in [5.74, 6) is 0.748. The fourth-order valence-electron chi connectivity index (χ4n) is 5.15. The summed E-state index contributed by atoms with van der Waals surface area (Å²) in [6.07, 6.45) is 7.34. The first kappa shape index (κ1) is 28.9. The summed E-state index contributed by atoms with van der Waals surface area (Å²) < 4.78 is 16.9. The molecule has 2 aliphatic heterocycles. The molecule has 36 heavy (non-hydrogen) atoms. The van der Waals surface area contributed by atoms with Gasteiger partial charge in [0.2, 0.25) is 0 Å². The van der Waals surface area contributed by atoms with Crippen molar-refractivity contribution in [1.29, 1.82) is 0 Å². The molecule has 0 bridgehead atoms. The molecular formula is C28H48N2O6. The average Bonchev–Trinajstić information content (AvgIpc) is 3.72. The molecule has 0 aromatic heterocycles. The van der Waals surface area contributed by atoms with Crippen LogP contribution in [0.15, 0.2) is 0 Å². The van der Waals surface area contributed by atoms with Crippen molar-refractivity contribution in [3.8, 4) is 0 Å². The van der Waals surface area contributed by atoms with Crippen molar-refractivity contribution in [3.63, 3.8) is 0 Å². The fourth-order valence-corrected chi connectivity index (χ4v) is 5.15. The van der Waals surface area contributed by atoms with Gasteiger partial charge in [0.25, 0.3) is 0 Å². The van der Waals surface area contributed by atoms with Crippen molar-refractivity contribution in [2.75, 3.05) is 46.0 Å². The number of esters is 3. The minimum absolute atomic E-state index is 0.0710. The Morgan fingerprint density at radius 1 is 0.778 bits per heavy atom. The van der Waals surface area contributed by atoms with E-state index in [2.05, 4.69) is 30.6 Å². The summed E-state index contributed by atoms with van der Waals surface area (Å²) in [5, 5.41) is 0. The highest BCUT2D eigenvalue weighted by Crippen LogP contribution is 2.33. The average molecular weight is 509 g/mol. The third-order valence-electron chi connectivity index (χ3n) is 8.35. The molecule has 8 nitrogen and oxygen atoms in total. The van der Waals surface area contributed by atoms with Crippen LogP contribution in [0.4, 0.5) is 0 Å². The van der Waals surface area contributed by atoms with Crippen LogP contribution < -0.4 is 0 Å². The topological polar surface area (TPSA) is 84.9 Å². The van der Waals surface area contributed by atoms with Crippen molar-refractivity contribution in [2.45, 2.75) is 97.6 Å². The monoisotopic (exact) mass is 508 g/mol. The van der Waals surface area contributed by atoms with Crippen LogP contribution in [0.2, 0.25) is 0 Å². The first-order valence-corrected chi connectivity index (χ1v) is 14.1. The molecule has 3 fully saturated rings. The summed E-state index contributed by atoms with van der Waals surface area (Å²) in [7, 11) is 0. The summed E-state index contributed by atoms with van der Waals surface area (Å²) >= 11 is 0. The van der Waals surface area contributed by atoms with E-state index in [-0.39, 0.29) is 37.7 Å². The maximum absolute atomic E-state index is 12.5. The zero-order chi connectivity index (χ0) is 26.1. The zero-order valence-electron chi connectivity index (χ0n) is 23.0. The number of hydrogen-bond acceptors (Lipinski definition) is 8. The van der Waals surface area contributed by atoms with Gasteiger partial charge in [-0.15, -0.1) is 0 Å². The Hall–Kier alpha value is -1.67. The Morgan fingerprint density at radius 2 is 1.25 bits per heavy atom. The highest BCUT2D eigenvalue weighted by molar-refractivity contribution is 5.70. The largest absolute Gasteiger partial charge is 0.465 e. The number of hydrogen-bond donors (Lipinski definition) is 0. The first-order chi connectivity index (χ1) is 17.2. The maximum atomic E-state index is 12.5. The molecule has 206 valence electrons. The van der Waals surface area contributed by atoms with Crippen LogP contribution in [0.3, 0.4) is 0 Å². The van der Waals surface area contributed by atoms with Gasteiger partial charge >= 0.3 is 17.9 Å². The van der Waals surface area contributed by atoms with Gasteiger partial charge in [0.1, 0.15) is 19.8 Å². The normalized spacial score (nSPS) is 30.3. The first-order valence-electron chi connectivity index (χ1n) is 14.1. The van der Waals surface area contributed by atoms with Crippen molar-refractivity contribution in [1.82, 2.24) is 9.80 Å². The molecule has 8 heteroatoms. The highest BCUT2D eigenvalue weighted by Gasteiger charge is 2.35. The number of nitrogens with zero attached hydrogens (tertiary/aromatic N) is 2. The molecule has 2 heterocycles. The molecule has 0 N–H and O–H groups in total. The van der Waals surface area contributed by atoms with E-state index in [1.54, 1.807) is 0 Å². The smallest absolute Gasteiger partial charge is 0.307 e. The lowest BCUT2D eigenvalue weighted by Gasteiger charge is -2.31. The number of rotatable bonds is 17. The lowest BCUT2D eigenvalue weighted by atomic mass is 9.88. The minimum atomic E-state index is -0.734. The van der Waals surface area contributed by atoms with Crippen LogP contribution >= 0.6 is 0 Å². The van der Waals surface area contributed by atoms with Gasteiger partial charge in [-0.05, 0) is 51.4 Å². The van der Waals surface area contributed by atoms with Crippen LogP contribution in [-0.2, 0) is 28.6 Å². The quantitative estimate of drug-likeness (QED) is 0.167. The molecule has 6 unspecified atom stereocenters.